The number of fused-ring (bicyclic) bond motifs is 2. The molecule has 0 spiro atoms. The minimum Gasteiger partial charge on any atom is -0.449 e. The van der Waals surface area contributed by atoms with Crippen molar-refractivity contribution in [1.29, 1.82) is 0 Å². The van der Waals surface area contributed by atoms with Crippen LogP contribution in [-0.2, 0) is 9.47 Å². The van der Waals surface area contributed by atoms with Gasteiger partial charge in [-0.3, -0.25) is 0 Å². The molecule has 1 N–H and O–H groups in total. The van der Waals surface area contributed by atoms with Crippen molar-refractivity contribution in [1.82, 2.24) is 5.32 Å². The van der Waals surface area contributed by atoms with E-state index in [0.717, 1.165) is 12.8 Å². The first kappa shape index (κ1) is 19.5. The van der Waals surface area contributed by atoms with E-state index in [1.165, 1.54) is 24.8 Å². The van der Waals surface area contributed by atoms with Gasteiger partial charge in [-0.15, -0.1) is 0 Å². The summed E-state index contributed by atoms with van der Waals surface area (Å²) >= 11 is 0. The molecule has 4 heteroatoms. The number of amides is 1. The molecule has 1 amide bonds. The normalized spacial score (nSPS) is 38.1. The van der Waals surface area contributed by atoms with Crippen molar-refractivity contribution in [3.8, 4) is 0 Å². The number of alkyl carbamates (subject to hydrolysis) is 1. The van der Waals surface area contributed by atoms with E-state index in [9.17, 15) is 4.79 Å². The van der Waals surface area contributed by atoms with Gasteiger partial charge in [0.2, 0.25) is 0 Å². The summed E-state index contributed by atoms with van der Waals surface area (Å²) in [5.74, 6) is 1.11. The first-order valence-electron chi connectivity index (χ1n) is 10.3. The molecule has 5 atom stereocenters. The van der Waals surface area contributed by atoms with E-state index in [0.29, 0.717) is 31.0 Å². The van der Waals surface area contributed by atoms with Crippen LogP contribution in [0.2, 0.25) is 0 Å². The zero-order chi connectivity index (χ0) is 18.7. The van der Waals surface area contributed by atoms with Crippen molar-refractivity contribution in [2.45, 2.75) is 71.9 Å². The van der Waals surface area contributed by atoms with Crippen LogP contribution in [0.1, 0.15) is 59.8 Å². The molecule has 1 aliphatic heterocycles. The maximum atomic E-state index is 12.4. The Morgan fingerprint density at radius 2 is 2.08 bits per heavy atom. The second-order valence-corrected chi connectivity index (χ2v) is 8.60. The SMILES string of the molecule is C/C=C/[C@@H]1OC[C@@]2(COC(=O)NC3CCCCC3)[C@H](C)C=C(C)[C@@H]1[C@H]2C. The standard InChI is InChI=1S/C22H35NO3/c1-5-9-19-20-15(2)12-16(3)22(13-25-19,17(20)4)14-26-21(24)23-18-10-7-6-8-11-18/h5,9,12,16-20H,6-8,10-11,13-14H2,1-4H3,(H,23,24)/b9-5+/t16-,17-,19+,20-,22-/m1/s1. The zero-order valence-electron chi connectivity index (χ0n) is 16.8. The molecule has 1 saturated heterocycles. The van der Waals surface area contributed by atoms with E-state index in [1.807, 2.05) is 6.92 Å². The van der Waals surface area contributed by atoms with E-state index < -0.39 is 0 Å². The fraction of sp³-hybridized carbons (Fsp3) is 0.773. The van der Waals surface area contributed by atoms with Crippen LogP contribution < -0.4 is 5.32 Å². The quantitative estimate of drug-likeness (QED) is 0.728. The largest absolute Gasteiger partial charge is 0.449 e. The Balaban J connectivity index is 1.66. The van der Waals surface area contributed by atoms with Gasteiger partial charge in [-0.2, -0.15) is 0 Å². The zero-order valence-corrected chi connectivity index (χ0v) is 16.8. The highest BCUT2D eigenvalue weighted by Crippen LogP contribution is 2.52. The molecule has 4 nitrogen and oxygen atoms in total. The van der Waals surface area contributed by atoms with E-state index in [1.54, 1.807) is 0 Å². The average molecular weight is 362 g/mol. The molecule has 1 saturated carbocycles. The molecule has 0 unspecified atom stereocenters. The first-order chi connectivity index (χ1) is 12.5. The third kappa shape index (κ3) is 3.71. The lowest BCUT2D eigenvalue weighted by Crippen LogP contribution is -2.56. The molecule has 1 heterocycles. The summed E-state index contributed by atoms with van der Waals surface area (Å²) in [7, 11) is 0. The highest BCUT2D eigenvalue weighted by molar-refractivity contribution is 5.67. The summed E-state index contributed by atoms with van der Waals surface area (Å²) in [4.78, 5) is 12.4. The van der Waals surface area contributed by atoms with Gasteiger partial charge in [0.25, 0.3) is 0 Å². The lowest BCUT2D eigenvalue weighted by atomic mass is 9.56. The van der Waals surface area contributed by atoms with E-state index >= 15 is 0 Å². The molecule has 146 valence electrons. The highest BCUT2D eigenvalue weighted by atomic mass is 16.6. The van der Waals surface area contributed by atoms with Gasteiger partial charge in [0.05, 0.1) is 12.7 Å². The number of carbonyl (C=O) groups is 1. The fourth-order valence-corrected chi connectivity index (χ4v) is 5.32. The van der Waals surface area contributed by atoms with E-state index in [2.05, 4.69) is 44.3 Å². The smallest absolute Gasteiger partial charge is 0.407 e. The Morgan fingerprint density at radius 3 is 2.77 bits per heavy atom. The van der Waals surface area contributed by atoms with Gasteiger partial charge in [-0.1, -0.05) is 56.9 Å². The van der Waals surface area contributed by atoms with Crippen LogP contribution in [0.3, 0.4) is 0 Å². The monoisotopic (exact) mass is 361 g/mol. The Bertz CT molecular complexity index is 564. The van der Waals surface area contributed by atoms with Crippen molar-refractivity contribution in [3.05, 3.63) is 23.8 Å². The number of rotatable bonds is 4. The minimum atomic E-state index is -0.260. The van der Waals surface area contributed by atoms with Gasteiger partial charge in [0.1, 0.15) is 6.61 Å². The second kappa shape index (κ2) is 8.16. The molecule has 26 heavy (non-hydrogen) atoms. The van der Waals surface area contributed by atoms with Gasteiger partial charge in [-0.05, 0) is 38.5 Å². The summed E-state index contributed by atoms with van der Waals surface area (Å²) in [5.41, 5.74) is 1.27. The van der Waals surface area contributed by atoms with Crippen LogP contribution in [0, 0.1) is 23.2 Å². The third-order valence-electron chi connectivity index (χ3n) is 7.07. The minimum absolute atomic E-state index is 0.128. The Hall–Kier alpha value is -1.29. The van der Waals surface area contributed by atoms with Crippen LogP contribution >= 0.6 is 0 Å². The number of ether oxygens (including phenoxy) is 2. The molecule has 2 aliphatic carbocycles. The number of allylic oxidation sites excluding steroid dienone is 2. The summed E-state index contributed by atoms with van der Waals surface area (Å²) in [6, 6.07) is 0.284. The predicted molar refractivity (Wildman–Crippen MR) is 104 cm³/mol. The maximum Gasteiger partial charge on any atom is 0.407 e. The number of hydrogen-bond acceptors (Lipinski definition) is 3. The van der Waals surface area contributed by atoms with Crippen molar-refractivity contribution < 1.29 is 14.3 Å². The van der Waals surface area contributed by atoms with E-state index in [-0.39, 0.29) is 23.7 Å². The third-order valence-corrected chi connectivity index (χ3v) is 7.07. The molecule has 0 aromatic heterocycles. The predicted octanol–water partition coefficient (Wildman–Crippen LogP) is 4.85. The molecule has 2 fully saturated rings. The first-order valence-corrected chi connectivity index (χ1v) is 10.3. The summed E-state index contributed by atoms with van der Waals surface area (Å²) in [6.07, 6.45) is 12.3. The van der Waals surface area contributed by atoms with Crippen molar-refractivity contribution in [3.63, 3.8) is 0 Å². The van der Waals surface area contributed by atoms with Crippen LogP contribution in [0.5, 0.6) is 0 Å². The van der Waals surface area contributed by atoms with Gasteiger partial charge >= 0.3 is 6.09 Å². The van der Waals surface area contributed by atoms with Crippen LogP contribution in [0.4, 0.5) is 4.79 Å². The lowest BCUT2D eigenvalue weighted by molar-refractivity contribution is -0.149. The molecule has 0 radical (unpaired) electrons. The number of carbonyl (C=O) groups excluding carboxylic acids is 1. The summed E-state index contributed by atoms with van der Waals surface area (Å²) < 4.78 is 12.0. The Labute approximate surface area is 158 Å². The molecule has 0 aromatic carbocycles. The number of hydrogen-bond donors (Lipinski definition) is 1. The van der Waals surface area contributed by atoms with Gasteiger partial charge in [0.15, 0.2) is 0 Å². The molecule has 0 aromatic rings. The average Bonchev–Trinajstić information content (AvgIpc) is 2.61. The molecular formula is C22H35NO3. The topological polar surface area (TPSA) is 47.6 Å². The van der Waals surface area contributed by atoms with Gasteiger partial charge < -0.3 is 14.8 Å². The van der Waals surface area contributed by atoms with E-state index in [4.69, 9.17) is 9.47 Å². The van der Waals surface area contributed by atoms with Crippen molar-refractivity contribution in [2.75, 3.05) is 13.2 Å². The number of nitrogens with one attached hydrogen (secondary N) is 1. The highest BCUT2D eigenvalue weighted by Gasteiger charge is 2.53. The molecule has 3 aliphatic rings. The van der Waals surface area contributed by atoms with Crippen LogP contribution in [0.25, 0.3) is 0 Å². The summed E-state index contributed by atoms with van der Waals surface area (Å²) in [6.45, 7) is 9.86. The molecular weight excluding hydrogens is 326 g/mol. The Kier molecular flexibility index (Phi) is 6.11. The molecule has 2 bridgehead atoms. The summed E-state index contributed by atoms with van der Waals surface area (Å²) in [5, 5.41) is 3.07. The van der Waals surface area contributed by atoms with Gasteiger partial charge in [-0.25, -0.2) is 4.79 Å². The maximum absolute atomic E-state index is 12.4. The molecule has 3 rings (SSSR count). The Morgan fingerprint density at radius 1 is 1.35 bits per heavy atom. The fourth-order valence-electron chi connectivity index (χ4n) is 5.32. The van der Waals surface area contributed by atoms with Gasteiger partial charge in [0, 0.05) is 17.4 Å². The van der Waals surface area contributed by atoms with Crippen molar-refractivity contribution >= 4 is 6.09 Å². The lowest BCUT2D eigenvalue weighted by Gasteiger charge is -2.54. The van der Waals surface area contributed by atoms with Crippen molar-refractivity contribution in [2.24, 2.45) is 23.2 Å². The second-order valence-electron chi connectivity index (χ2n) is 8.60. The van der Waals surface area contributed by atoms with Crippen LogP contribution in [0.15, 0.2) is 23.8 Å². The van der Waals surface area contributed by atoms with Crippen LogP contribution in [-0.4, -0.2) is 31.5 Å².